The van der Waals surface area contributed by atoms with Gasteiger partial charge in [-0.3, -0.25) is 19.3 Å². The number of nitrogens with zero attached hydrogens (tertiary/aromatic N) is 5. The molecule has 11 heteroatoms. The molecule has 10 nitrogen and oxygen atoms in total. The lowest BCUT2D eigenvalue weighted by molar-refractivity contribution is 0.0990. The van der Waals surface area contributed by atoms with Crippen molar-refractivity contribution in [2.45, 2.75) is 25.3 Å². The van der Waals surface area contributed by atoms with Gasteiger partial charge in [-0.25, -0.2) is 14.4 Å². The number of carbonyl (C=O) groups excluding carboxylic acids is 1. The van der Waals surface area contributed by atoms with Crippen LogP contribution in [-0.2, 0) is 6.42 Å². The molecule has 0 radical (unpaired) electrons. The van der Waals surface area contributed by atoms with Crippen molar-refractivity contribution in [3.05, 3.63) is 94.4 Å². The van der Waals surface area contributed by atoms with Crippen molar-refractivity contribution in [1.82, 2.24) is 24.7 Å². The van der Waals surface area contributed by atoms with Gasteiger partial charge in [-0.15, -0.1) is 0 Å². The summed E-state index contributed by atoms with van der Waals surface area (Å²) >= 11 is 0. The predicted octanol–water partition coefficient (Wildman–Crippen LogP) is 4.96. The number of Topliss-reactive ketones (excluding diaryl/α,β-unsaturated/α-hetero) is 1. The van der Waals surface area contributed by atoms with Crippen LogP contribution in [0.15, 0.2) is 72.0 Å². The Morgan fingerprint density at radius 2 is 1.68 bits per heavy atom. The highest BCUT2D eigenvalue weighted by molar-refractivity contribution is 5.97. The SMILES string of the molecule is COc1cc2nccc(Oc3ncc(CC(=O)c4cn(C5CC5)nc(-c5ccc(F)cc5)c4=O)cn3)c2cc1OC. The van der Waals surface area contributed by atoms with Gasteiger partial charge in [0.05, 0.1) is 31.3 Å². The van der Waals surface area contributed by atoms with Crippen molar-refractivity contribution in [2.75, 3.05) is 14.2 Å². The van der Waals surface area contributed by atoms with E-state index in [0.29, 0.717) is 39.3 Å². The predicted molar refractivity (Wildman–Crippen MR) is 147 cm³/mol. The van der Waals surface area contributed by atoms with E-state index >= 15 is 0 Å². The van der Waals surface area contributed by atoms with Crippen molar-refractivity contribution in [1.29, 1.82) is 0 Å². The van der Waals surface area contributed by atoms with Crippen LogP contribution >= 0.6 is 0 Å². The number of hydrogen-bond donors (Lipinski definition) is 0. The molecule has 41 heavy (non-hydrogen) atoms. The summed E-state index contributed by atoms with van der Waals surface area (Å²) in [5.41, 5.74) is 1.21. The van der Waals surface area contributed by atoms with E-state index in [2.05, 4.69) is 20.1 Å². The zero-order valence-corrected chi connectivity index (χ0v) is 22.2. The van der Waals surface area contributed by atoms with Crippen LogP contribution in [0.4, 0.5) is 4.39 Å². The van der Waals surface area contributed by atoms with E-state index in [9.17, 15) is 14.0 Å². The number of rotatable bonds is 9. The number of ketones is 1. The maximum Gasteiger partial charge on any atom is 0.321 e. The van der Waals surface area contributed by atoms with E-state index in [1.54, 1.807) is 43.3 Å². The summed E-state index contributed by atoms with van der Waals surface area (Å²) < 4.78 is 31.8. The standard InChI is InChI=1S/C30H24FN5O5/c1-39-26-12-21-23(13-27(26)40-2)32-10-9-25(21)41-30-33-14-17(15-34-30)11-24(37)22-16-36(20-7-8-20)35-28(29(22)38)18-3-5-19(31)6-4-18/h3-6,9-10,12-16,20H,7-8,11H2,1-2H3. The third-order valence-electron chi connectivity index (χ3n) is 6.73. The zero-order chi connectivity index (χ0) is 28.5. The van der Waals surface area contributed by atoms with Crippen molar-refractivity contribution in [3.8, 4) is 34.5 Å². The molecule has 1 aliphatic rings. The Bertz CT molecular complexity index is 1820. The Balaban J connectivity index is 1.24. The van der Waals surface area contributed by atoms with E-state index in [-0.39, 0.29) is 29.7 Å². The number of methoxy groups -OCH3 is 2. The molecule has 6 rings (SSSR count). The molecular formula is C30H24FN5O5. The van der Waals surface area contributed by atoms with Gasteiger partial charge in [-0.2, -0.15) is 5.10 Å². The van der Waals surface area contributed by atoms with Gasteiger partial charge in [-0.05, 0) is 54.8 Å². The summed E-state index contributed by atoms with van der Waals surface area (Å²) in [6, 6.07) is 10.9. The second-order valence-electron chi connectivity index (χ2n) is 9.55. The molecule has 0 spiro atoms. The second-order valence-corrected chi connectivity index (χ2v) is 9.55. The Kier molecular flexibility index (Phi) is 6.84. The number of hydrogen-bond acceptors (Lipinski definition) is 9. The van der Waals surface area contributed by atoms with Crippen LogP contribution < -0.4 is 19.6 Å². The number of aromatic nitrogens is 5. The zero-order valence-electron chi connectivity index (χ0n) is 22.2. The lowest BCUT2D eigenvalue weighted by atomic mass is 10.0. The van der Waals surface area contributed by atoms with E-state index in [4.69, 9.17) is 14.2 Å². The summed E-state index contributed by atoms with van der Waals surface area (Å²) in [5, 5.41) is 5.12. The Labute approximate surface area is 233 Å². The fourth-order valence-electron chi connectivity index (χ4n) is 4.43. The number of carbonyl (C=O) groups is 1. The normalized spacial score (nSPS) is 12.8. The first-order valence-electron chi connectivity index (χ1n) is 12.9. The number of benzene rings is 2. The maximum absolute atomic E-state index is 13.5. The molecule has 0 aliphatic heterocycles. The van der Waals surface area contributed by atoms with Gasteiger partial charge in [0.25, 0.3) is 0 Å². The molecule has 0 unspecified atom stereocenters. The molecule has 2 aromatic carbocycles. The van der Waals surface area contributed by atoms with Crippen molar-refractivity contribution >= 4 is 16.7 Å². The Morgan fingerprint density at radius 3 is 2.37 bits per heavy atom. The molecule has 1 saturated carbocycles. The molecule has 5 aromatic rings. The molecule has 0 N–H and O–H groups in total. The van der Waals surface area contributed by atoms with E-state index in [1.807, 2.05) is 0 Å². The fourth-order valence-corrected chi connectivity index (χ4v) is 4.43. The van der Waals surface area contributed by atoms with Crippen molar-refractivity contribution in [3.63, 3.8) is 0 Å². The summed E-state index contributed by atoms with van der Waals surface area (Å²) in [4.78, 5) is 39.4. The van der Waals surface area contributed by atoms with Crippen LogP contribution in [0.25, 0.3) is 22.2 Å². The van der Waals surface area contributed by atoms with Crippen LogP contribution in [-0.4, -0.2) is 44.7 Å². The molecule has 1 aliphatic carbocycles. The first-order chi connectivity index (χ1) is 19.9. The lowest BCUT2D eigenvalue weighted by Gasteiger charge is -2.12. The average Bonchev–Trinajstić information content (AvgIpc) is 3.84. The third-order valence-corrected chi connectivity index (χ3v) is 6.73. The first kappa shape index (κ1) is 26.1. The van der Waals surface area contributed by atoms with E-state index in [0.717, 1.165) is 12.8 Å². The van der Waals surface area contributed by atoms with Crippen LogP contribution in [0.5, 0.6) is 23.3 Å². The number of fused-ring (bicyclic) bond motifs is 1. The number of halogens is 1. The quantitative estimate of drug-likeness (QED) is 0.233. The number of pyridine rings is 1. The molecule has 0 saturated heterocycles. The molecule has 3 heterocycles. The van der Waals surface area contributed by atoms with Gasteiger partial charge < -0.3 is 14.2 Å². The monoisotopic (exact) mass is 553 g/mol. The molecule has 3 aromatic heterocycles. The summed E-state index contributed by atoms with van der Waals surface area (Å²) in [6.07, 6.45) is 7.79. The molecule has 0 amide bonds. The highest BCUT2D eigenvalue weighted by Gasteiger charge is 2.27. The van der Waals surface area contributed by atoms with Gasteiger partial charge in [0.15, 0.2) is 17.3 Å². The number of ether oxygens (including phenoxy) is 3. The van der Waals surface area contributed by atoms with Crippen LogP contribution in [0.3, 0.4) is 0 Å². The van der Waals surface area contributed by atoms with Gasteiger partial charge in [-0.1, -0.05) is 0 Å². The minimum atomic E-state index is -0.504. The molecule has 0 atom stereocenters. The van der Waals surface area contributed by atoms with E-state index in [1.165, 1.54) is 42.9 Å². The van der Waals surface area contributed by atoms with Gasteiger partial charge in [0.2, 0.25) is 5.43 Å². The van der Waals surface area contributed by atoms with Crippen LogP contribution in [0.2, 0.25) is 0 Å². The molecule has 206 valence electrons. The highest BCUT2D eigenvalue weighted by atomic mass is 19.1. The fraction of sp³-hybridized carbons (Fsp3) is 0.200. The van der Waals surface area contributed by atoms with Gasteiger partial charge >= 0.3 is 6.01 Å². The third kappa shape index (κ3) is 5.33. The minimum Gasteiger partial charge on any atom is -0.493 e. The Hall–Kier alpha value is -5.19. The molecule has 0 bridgehead atoms. The van der Waals surface area contributed by atoms with Crippen molar-refractivity contribution in [2.24, 2.45) is 0 Å². The first-order valence-corrected chi connectivity index (χ1v) is 12.9. The summed E-state index contributed by atoms with van der Waals surface area (Å²) in [7, 11) is 3.09. The summed E-state index contributed by atoms with van der Waals surface area (Å²) in [6.45, 7) is 0. The highest BCUT2D eigenvalue weighted by Crippen LogP contribution is 2.36. The van der Waals surface area contributed by atoms with Gasteiger partial charge in [0, 0.05) is 48.2 Å². The molecular weight excluding hydrogens is 529 g/mol. The van der Waals surface area contributed by atoms with Crippen LogP contribution in [0, 0.1) is 5.82 Å². The van der Waals surface area contributed by atoms with Gasteiger partial charge in [0.1, 0.15) is 17.3 Å². The minimum absolute atomic E-state index is 0.0131. The maximum atomic E-state index is 13.5. The van der Waals surface area contributed by atoms with E-state index < -0.39 is 17.0 Å². The van der Waals surface area contributed by atoms with Crippen LogP contribution in [0.1, 0.15) is 34.8 Å². The average molecular weight is 554 g/mol. The second kappa shape index (κ2) is 10.8. The molecule has 1 fully saturated rings. The summed E-state index contributed by atoms with van der Waals surface area (Å²) in [5.74, 6) is 0.706. The smallest absolute Gasteiger partial charge is 0.321 e. The lowest BCUT2D eigenvalue weighted by Crippen LogP contribution is -2.23. The van der Waals surface area contributed by atoms with Crippen molar-refractivity contribution < 1.29 is 23.4 Å². The largest absolute Gasteiger partial charge is 0.493 e. The Morgan fingerprint density at radius 1 is 0.976 bits per heavy atom. The topological polar surface area (TPSA) is 118 Å².